The van der Waals surface area contributed by atoms with Gasteiger partial charge in [0, 0.05) is 29.7 Å². The SMILES string of the molecule is COc1ccc(S(=O)(=O)NCCc2c[nH]c3ccc(F)cc23)cc1OC. The van der Waals surface area contributed by atoms with E-state index >= 15 is 0 Å². The van der Waals surface area contributed by atoms with E-state index in [9.17, 15) is 12.8 Å². The minimum absolute atomic E-state index is 0.0834. The number of benzene rings is 2. The molecule has 0 aliphatic heterocycles. The predicted octanol–water partition coefficient (Wildman–Crippen LogP) is 2.85. The van der Waals surface area contributed by atoms with Crippen molar-refractivity contribution in [1.29, 1.82) is 0 Å². The first-order valence-corrected chi connectivity index (χ1v) is 9.40. The fraction of sp³-hybridized carbons (Fsp3) is 0.222. The van der Waals surface area contributed by atoms with Gasteiger partial charge in [0.2, 0.25) is 10.0 Å². The van der Waals surface area contributed by atoms with Crippen LogP contribution in [-0.2, 0) is 16.4 Å². The molecule has 3 aromatic rings. The summed E-state index contributed by atoms with van der Waals surface area (Å²) in [7, 11) is -0.780. The monoisotopic (exact) mass is 378 g/mol. The number of methoxy groups -OCH3 is 2. The van der Waals surface area contributed by atoms with Gasteiger partial charge < -0.3 is 14.5 Å². The second-order valence-corrected chi connectivity index (χ2v) is 7.44. The Balaban J connectivity index is 1.73. The standard InChI is InChI=1S/C18H19FN2O4S/c1-24-17-6-4-14(10-18(17)25-2)26(22,23)21-8-7-12-11-20-16-5-3-13(19)9-15(12)16/h3-6,9-11,20-21H,7-8H2,1-2H3. The number of ether oxygens (including phenoxy) is 2. The van der Waals surface area contributed by atoms with Gasteiger partial charge in [-0.05, 0) is 42.3 Å². The Labute approximate surface area is 151 Å². The van der Waals surface area contributed by atoms with Crippen LogP contribution < -0.4 is 14.2 Å². The average molecular weight is 378 g/mol. The van der Waals surface area contributed by atoms with E-state index in [-0.39, 0.29) is 17.3 Å². The molecule has 2 aromatic carbocycles. The van der Waals surface area contributed by atoms with Crippen LogP contribution in [0.15, 0.2) is 47.5 Å². The molecule has 0 aliphatic carbocycles. The van der Waals surface area contributed by atoms with Crippen molar-refractivity contribution in [3.8, 4) is 11.5 Å². The number of nitrogens with one attached hydrogen (secondary N) is 2. The van der Waals surface area contributed by atoms with Gasteiger partial charge in [0.25, 0.3) is 0 Å². The third-order valence-electron chi connectivity index (χ3n) is 4.08. The molecule has 0 atom stereocenters. The maximum absolute atomic E-state index is 13.4. The average Bonchev–Trinajstić information content (AvgIpc) is 3.03. The number of aromatic amines is 1. The Morgan fingerprint density at radius 2 is 1.85 bits per heavy atom. The van der Waals surface area contributed by atoms with Crippen LogP contribution >= 0.6 is 0 Å². The number of sulfonamides is 1. The van der Waals surface area contributed by atoms with Crippen LogP contribution in [0.4, 0.5) is 4.39 Å². The van der Waals surface area contributed by atoms with E-state index in [1.807, 2.05) is 0 Å². The summed E-state index contributed by atoms with van der Waals surface area (Å²) in [6, 6.07) is 8.86. The normalized spacial score (nSPS) is 11.7. The highest BCUT2D eigenvalue weighted by Gasteiger charge is 2.17. The van der Waals surface area contributed by atoms with Crippen LogP contribution in [0.2, 0.25) is 0 Å². The number of halogens is 1. The van der Waals surface area contributed by atoms with E-state index < -0.39 is 10.0 Å². The molecule has 26 heavy (non-hydrogen) atoms. The van der Waals surface area contributed by atoms with Crippen LogP contribution in [0.25, 0.3) is 10.9 Å². The second kappa shape index (κ2) is 7.35. The van der Waals surface area contributed by atoms with E-state index in [4.69, 9.17) is 9.47 Å². The summed E-state index contributed by atoms with van der Waals surface area (Å²) < 4.78 is 51.2. The molecule has 0 spiro atoms. The number of H-pyrrole nitrogens is 1. The molecule has 0 radical (unpaired) electrons. The van der Waals surface area contributed by atoms with Crippen LogP contribution in [0.1, 0.15) is 5.56 Å². The lowest BCUT2D eigenvalue weighted by molar-refractivity contribution is 0.354. The van der Waals surface area contributed by atoms with Crippen molar-refractivity contribution < 1.29 is 22.3 Å². The van der Waals surface area contributed by atoms with Crippen LogP contribution in [0, 0.1) is 5.82 Å². The van der Waals surface area contributed by atoms with Gasteiger partial charge in [0.1, 0.15) is 5.82 Å². The minimum Gasteiger partial charge on any atom is -0.493 e. The van der Waals surface area contributed by atoms with E-state index in [0.717, 1.165) is 16.5 Å². The molecule has 1 heterocycles. The zero-order chi connectivity index (χ0) is 18.7. The largest absolute Gasteiger partial charge is 0.493 e. The summed E-state index contributed by atoms with van der Waals surface area (Å²) in [5.41, 5.74) is 1.65. The van der Waals surface area contributed by atoms with Gasteiger partial charge in [-0.1, -0.05) is 0 Å². The van der Waals surface area contributed by atoms with Crippen LogP contribution in [0.3, 0.4) is 0 Å². The Bertz CT molecular complexity index is 1030. The summed E-state index contributed by atoms with van der Waals surface area (Å²) in [5.74, 6) is 0.457. The van der Waals surface area contributed by atoms with Crippen molar-refractivity contribution in [3.05, 3.63) is 54.0 Å². The second-order valence-electron chi connectivity index (χ2n) is 5.67. The van der Waals surface area contributed by atoms with Crippen LogP contribution in [-0.4, -0.2) is 34.2 Å². The molecule has 6 nitrogen and oxygen atoms in total. The lowest BCUT2D eigenvalue weighted by Gasteiger charge is -2.11. The van der Waals surface area contributed by atoms with Crippen molar-refractivity contribution >= 4 is 20.9 Å². The molecule has 138 valence electrons. The molecule has 0 saturated heterocycles. The van der Waals surface area contributed by atoms with Gasteiger partial charge in [-0.2, -0.15) is 0 Å². The number of hydrogen-bond donors (Lipinski definition) is 2. The van der Waals surface area contributed by atoms with E-state index in [0.29, 0.717) is 17.9 Å². The first kappa shape index (κ1) is 18.2. The van der Waals surface area contributed by atoms with Crippen molar-refractivity contribution in [1.82, 2.24) is 9.71 Å². The Kier molecular flexibility index (Phi) is 5.15. The topological polar surface area (TPSA) is 80.4 Å². The molecule has 2 N–H and O–H groups in total. The van der Waals surface area contributed by atoms with Gasteiger partial charge in [0.05, 0.1) is 19.1 Å². The highest BCUT2D eigenvalue weighted by molar-refractivity contribution is 7.89. The number of fused-ring (bicyclic) bond motifs is 1. The Morgan fingerprint density at radius 1 is 1.08 bits per heavy atom. The van der Waals surface area contributed by atoms with E-state index in [2.05, 4.69) is 9.71 Å². The molecule has 0 fully saturated rings. The molecular formula is C18H19FN2O4S. The minimum atomic E-state index is -3.70. The lowest BCUT2D eigenvalue weighted by atomic mass is 10.1. The van der Waals surface area contributed by atoms with Crippen molar-refractivity contribution in [2.45, 2.75) is 11.3 Å². The van der Waals surface area contributed by atoms with Crippen molar-refractivity contribution in [3.63, 3.8) is 0 Å². The highest BCUT2D eigenvalue weighted by Crippen LogP contribution is 2.29. The molecule has 0 unspecified atom stereocenters. The van der Waals surface area contributed by atoms with E-state index in [1.165, 1.54) is 44.6 Å². The van der Waals surface area contributed by atoms with Gasteiger partial charge in [-0.15, -0.1) is 0 Å². The summed E-state index contributed by atoms with van der Waals surface area (Å²) in [6.07, 6.45) is 2.19. The van der Waals surface area contributed by atoms with Gasteiger partial charge in [0.15, 0.2) is 11.5 Å². The molecular weight excluding hydrogens is 359 g/mol. The first-order valence-electron chi connectivity index (χ1n) is 7.92. The van der Waals surface area contributed by atoms with Crippen molar-refractivity contribution in [2.75, 3.05) is 20.8 Å². The van der Waals surface area contributed by atoms with Crippen molar-refractivity contribution in [2.24, 2.45) is 0 Å². The Morgan fingerprint density at radius 3 is 2.58 bits per heavy atom. The number of rotatable bonds is 7. The fourth-order valence-corrected chi connectivity index (χ4v) is 3.79. The third-order valence-corrected chi connectivity index (χ3v) is 5.54. The summed E-state index contributed by atoms with van der Waals surface area (Å²) in [4.78, 5) is 3.13. The predicted molar refractivity (Wildman–Crippen MR) is 96.7 cm³/mol. The van der Waals surface area contributed by atoms with E-state index in [1.54, 1.807) is 12.3 Å². The number of aromatic nitrogens is 1. The fourth-order valence-electron chi connectivity index (χ4n) is 2.74. The Hall–Kier alpha value is -2.58. The smallest absolute Gasteiger partial charge is 0.240 e. The molecule has 1 aromatic heterocycles. The summed E-state index contributed by atoms with van der Waals surface area (Å²) in [6.45, 7) is 0.181. The zero-order valence-electron chi connectivity index (χ0n) is 14.4. The molecule has 0 saturated carbocycles. The quantitative estimate of drug-likeness (QED) is 0.663. The summed E-state index contributed by atoms with van der Waals surface area (Å²) in [5, 5.41) is 0.746. The van der Waals surface area contributed by atoms with Gasteiger partial charge in [-0.25, -0.2) is 17.5 Å². The first-order chi connectivity index (χ1) is 12.4. The number of hydrogen-bond acceptors (Lipinski definition) is 4. The molecule has 8 heteroatoms. The summed E-state index contributed by atoms with van der Waals surface area (Å²) >= 11 is 0. The molecule has 0 amide bonds. The maximum Gasteiger partial charge on any atom is 0.240 e. The lowest BCUT2D eigenvalue weighted by Crippen LogP contribution is -2.26. The maximum atomic E-state index is 13.4. The molecule has 3 rings (SSSR count). The van der Waals surface area contributed by atoms with Gasteiger partial charge in [-0.3, -0.25) is 0 Å². The van der Waals surface area contributed by atoms with Crippen LogP contribution in [0.5, 0.6) is 11.5 Å². The molecule has 0 bridgehead atoms. The van der Waals surface area contributed by atoms with Gasteiger partial charge >= 0.3 is 0 Å². The highest BCUT2D eigenvalue weighted by atomic mass is 32.2. The third kappa shape index (κ3) is 3.66. The molecule has 0 aliphatic rings. The zero-order valence-corrected chi connectivity index (χ0v) is 15.2.